The van der Waals surface area contributed by atoms with Crippen molar-refractivity contribution in [3.05, 3.63) is 89.3 Å². The molecule has 5 rings (SSSR count). The fourth-order valence-electron chi connectivity index (χ4n) is 5.59. The first-order valence-electron chi connectivity index (χ1n) is 12.9. The molecule has 178 valence electrons. The summed E-state index contributed by atoms with van der Waals surface area (Å²) in [4.78, 5) is 15.2. The highest BCUT2D eigenvalue weighted by atomic mass is 16.5. The van der Waals surface area contributed by atoms with Crippen LogP contribution < -0.4 is 5.32 Å². The lowest BCUT2D eigenvalue weighted by Crippen LogP contribution is -2.37. The first-order chi connectivity index (χ1) is 16.8. The Hall–Kier alpha value is -2.92. The van der Waals surface area contributed by atoms with E-state index in [9.17, 15) is 4.79 Å². The lowest BCUT2D eigenvalue weighted by atomic mass is 9.88. The van der Waals surface area contributed by atoms with E-state index in [0.717, 1.165) is 51.0 Å². The monoisotopic (exact) mass is 457 g/mol. The smallest absolute Gasteiger partial charge is 0.290 e. The summed E-state index contributed by atoms with van der Waals surface area (Å²) in [6, 6.07) is 23.7. The number of nitrogens with zero attached hydrogens (tertiary/aromatic N) is 2. The van der Waals surface area contributed by atoms with Gasteiger partial charge in [0.15, 0.2) is 0 Å². The summed E-state index contributed by atoms with van der Waals surface area (Å²) in [6.07, 6.45) is 7.98. The molecule has 2 heterocycles. The van der Waals surface area contributed by atoms with Gasteiger partial charge in [-0.05, 0) is 43.4 Å². The number of carbonyl (C=O) groups is 1. The zero-order valence-electron chi connectivity index (χ0n) is 19.9. The molecular formula is C29H35N3O2. The molecule has 0 bridgehead atoms. The van der Waals surface area contributed by atoms with Crippen LogP contribution in [0, 0.1) is 0 Å². The van der Waals surface area contributed by atoms with Crippen LogP contribution in [0.5, 0.6) is 0 Å². The molecule has 1 aliphatic carbocycles. The van der Waals surface area contributed by atoms with Gasteiger partial charge in [0.1, 0.15) is 0 Å². The van der Waals surface area contributed by atoms with Crippen LogP contribution in [0.3, 0.4) is 0 Å². The van der Waals surface area contributed by atoms with Gasteiger partial charge in [0.2, 0.25) is 5.76 Å². The standard InChI is InChI=1S/C29H35N3O2/c33-29(30-25-16-8-3-9-17-25)28-19-27(31-34-28)24-15-10-18-32(20-24)21-26(22-11-4-1-5-12-22)23-13-6-2-7-14-23/h1-2,4-7,11-14,19,24-26H,3,8-10,15-18,20-21H2,(H,30,33). The largest absolute Gasteiger partial charge is 0.351 e. The normalized spacial score (nSPS) is 19.9. The van der Waals surface area contributed by atoms with Gasteiger partial charge in [0, 0.05) is 37.0 Å². The molecule has 0 spiro atoms. The molecule has 1 N–H and O–H groups in total. The molecule has 1 aromatic heterocycles. The number of rotatable bonds is 7. The van der Waals surface area contributed by atoms with E-state index in [4.69, 9.17) is 4.52 Å². The zero-order valence-corrected chi connectivity index (χ0v) is 19.9. The van der Waals surface area contributed by atoms with Crippen LogP contribution in [0.1, 0.15) is 84.2 Å². The molecule has 2 aliphatic rings. The van der Waals surface area contributed by atoms with Crippen molar-refractivity contribution >= 4 is 5.91 Å². The third-order valence-electron chi connectivity index (χ3n) is 7.46. The van der Waals surface area contributed by atoms with Crippen LogP contribution >= 0.6 is 0 Å². The molecule has 2 fully saturated rings. The van der Waals surface area contributed by atoms with E-state index in [1.54, 1.807) is 0 Å². The van der Waals surface area contributed by atoms with Crippen LogP contribution in [0.25, 0.3) is 0 Å². The second kappa shape index (κ2) is 11.0. The van der Waals surface area contributed by atoms with Gasteiger partial charge in [-0.2, -0.15) is 0 Å². The lowest BCUT2D eigenvalue weighted by Gasteiger charge is -2.34. The molecule has 3 aromatic rings. The minimum absolute atomic E-state index is 0.119. The summed E-state index contributed by atoms with van der Waals surface area (Å²) in [6.45, 7) is 2.99. The van der Waals surface area contributed by atoms with Gasteiger partial charge in [-0.15, -0.1) is 0 Å². The highest BCUT2D eigenvalue weighted by Crippen LogP contribution is 2.31. The Balaban J connectivity index is 1.25. The molecule has 5 heteroatoms. The molecule has 1 saturated heterocycles. The highest BCUT2D eigenvalue weighted by Gasteiger charge is 2.28. The lowest BCUT2D eigenvalue weighted by molar-refractivity contribution is 0.0890. The van der Waals surface area contributed by atoms with E-state index >= 15 is 0 Å². The topological polar surface area (TPSA) is 58.4 Å². The minimum atomic E-state index is -0.119. The minimum Gasteiger partial charge on any atom is -0.351 e. The van der Waals surface area contributed by atoms with Crippen LogP contribution in [0.15, 0.2) is 71.3 Å². The van der Waals surface area contributed by atoms with E-state index < -0.39 is 0 Å². The average molecular weight is 458 g/mol. The van der Waals surface area contributed by atoms with Crippen molar-refractivity contribution in [3.8, 4) is 0 Å². The van der Waals surface area contributed by atoms with Crippen LogP contribution in [0.2, 0.25) is 0 Å². The molecule has 1 aliphatic heterocycles. The molecule has 2 aromatic carbocycles. The van der Waals surface area contributed by atoms with Gasteiger partial charge in [0.25, 0.3) is 5.91 Å². The van der Waals surface area contributed by atoms with Gasteiger partial charge in [-0.3, -0.25) is 4.79 Å². The Morgan fingerprint density at radius 3 is 2.29 bits per heavy atom. The van der Waals surface area contributed by atoms with Gasteiger partial charge in [-0.1, -0.05) is 85.1 Å². The molecule has 1 amide bonds. The van der Waals surface area contributed by atoms with E-state index in [1.807, 2.05) is 6.07 Å². The van der Waals surface area contributed by atoms with Gasteiger partial charge >= 0.3 is 0 Å². The average Bonchev–Trinajstić information content (AvgIpc) is 3.40. The molecule has 1 unspecified atom stereocenters. The molecule has 5 nitrogen and oxygen atoms in total. The Labute approximate surface area is 202 Å². The van der Waals surface area contributed by atoms with Crippen LogP contribution in [-0.4, -0.2) is 41.6 Å². The molecule has 34 heavy (non-hydrogen) atoms. The van der Waals surface area contributed by atoms with Crippen molar-refractivity contribution in [1.29, 1.82) is 0 Å². The number of carbonyl (C=O) groups excluding carboxylic acids is 1. The van der Waals surface area contributed by atoms with Gasteiger partial charge in [-0.25, -0.2) is 0 Å². The second-order valence-electron chi connectivity index (χ2n) is 9.90. The summed E-state index contributed by atoms with van der Waals surface area (Å²) in [5.74, 6) is 0.854. The fourth-order valence-corrected chi connectivity index (χ4v) is 5.59. The van der Waals surface area contributed by atoms with E-state index in [2.05, 4.69) is 76.0 Å². The predicted octanol–water partition coefficient (Wildman–Crippen LogP) is 5.75. The summed E-state index contributed by atoms with van der Waals surface area (Å²) in [5, 5.41) is 7.46. The molecule has 1 saturated carbocycles. The van der Waals surface area contributed by atoms with E-state index in [1.165, 1.54) is 30.4 Å². The number of nitrogens with one attached hydrogen (secondary N) is 1. The maximum atomic E-state index is 12.7. The summed E-state index contributed by atoms with van der Waals surface area (Å²) in [7, 11) is 0. The Kier molecular flexibility index (Phi) is 7.40. The zero-order chi connectivity index (χ0) is 23.2. The van der Waals surface area contributed by atoms with Gasteiger partial charge in [0.05, 0.1) is 5.69 Å². The number of likely N-dealkylation sites (tertiary alicyclic amines) is 1. The van der Waals surface area contributed by atoms with Crippen molar-refractivity contribution in [2.45, 2.75) is 62.8 Å². The number of amides is 1. The van der Waals surface area contributed by atoms with Crippen molar-refractivity contribution in [2.24, 2.45) is 0 Å². The molecule has 0 radical (unpaired) electrons. The fraction of sp³-hybridized carbons (Fsp3) is 0.448. The van der Waals surface area contributed by atoms with Crippen molar-refractivity contribution < 1.29 is 9.32 Å². The maximum absolute atomic E-state index is 12.7. The van der Waals surface area contributed by atoms with Crippen molar-refractivity contribution in [2.75, 3.05) is 19.6 Å². The van der Waals surface area contributed by atoms with Gasteiger partial charge < -0.3 is 14.7 Å². The maximum Gasteiger partial charge on any atom is 0.290 e. The number of benzene rings is 2. The second-order valence-corrected chi connectivity index (χ2v) is 9.90. The van der Waals surface area contributed by atoms with E-state index in [0.29, 0.717) is 17.6 Å². The Morgan fingerprint density at radius 1 is 0.941 bits per heavy atom. The molecule has 1 atom stereocenters. The quantitative estimate of drug-likeness (QED) is 0.491. The number of aromatic nitrogens is 1. The predicted molar refractivity (Wildman–Crippen MR) is 134 cm³/mol. The van der Waals surface area contributed by atoms with Crippen LogP contribution in [0.4, 0.5) is 0 Å². The summed E-state index contributed by atoms with van der Waals surface area (Å²) >= 11 is 0. The first-order valence-corrected chi connectivity index (χ1v) is 12.9. The summed E-state index contributed by atoms with van der Waals surface area (Å²) < 4.78 is 5.50. The van der Waals surface area contributed by atoms with Crippen LogP contribution in [-0.2, 0) is 0 Å². The number of hydrogen-bond acceptors (Lipinski definition) is 4. The SMILES string of the molecule is O=C(NC1CCCCC1)c1cc(C2CCCN(CC(c3ccccc3)c3ccccc3)C2)no1. The number of piperidine rings is 1. The van der Waals surface area contributed by atoms with Crippen molar-refractivity contribution in [1.82, 2.24) is 15.4 Å². The number of hydrogen-bond donors (Lipinski definition) is 1. The first kappa shape index (κ1) is 22.9. The highest BCUT2D eigenvalue weighted by molar-refractivity contribution is 5.91. The Morgan fingerprint density at radius 2 is 1.62 bits per heavy atom. The third-order valence-corrected chi connectivity index (χ3v) is 7.46. The molecular weight excluding hydrogens is 422 g/mol. The Bertz CT molecular complexity index is 1000. The third kappa shape index (κ3) is 5.58. The summed E-state index contributed by atoms with van der Waals surface area (Å²) in [5.41, 5.74) is 3.60. The van der Waals surface area contributed by atoms with Crippen molar-refractivity contribution in [3.63, 3.8) is 0 Å². The van der Waals surface area contributed by atoms with E-state index in [-0.39, 0.29) is 11.9 Å².